The Labute approximate surface area is 209 Å². The summed E-state index contributed by atoms with van der Waals surface area (Å²) < 4.78 is 9.49. The van der Waals surface area contributed by atoms with Gasteiger partial charge < -0.3 is 43.5 Å². The highest BCUT2D eigenvalue weighted by atomic mass is 16.6. The predicted molar refractivity (Wildman–Crippen MR) is 136 cm³/mol. The molecule has 0 fully saturated rings. The molecule has 13 heteroatoms. The van der Waals surface area contributed by atoms with Crippen LogP contribution in [0.15, 0.2) is 0 Å². The van der Waals surface area contributed by atoms with Crippen molar-refractivity contribution in [3.8, 4) is 0 Å². The van der Waals surface area contributed by atoms with Crippen molar-refractivity contribution in [2.24, 2.45) is 28.7 Å². The second kappa shape index (κ2) is 29.4. The van der Waals surface area contributed by atoms with Crippen molar-refractivity contribution in [2.45, 2.75) is 65.2 Å². The Balaban J connectivity index is -0.000000853. The minimum atomic E-state index is -0.907. The van der Waals surface area contributed by atoms with Crippen molar-refractivity contribution < 1.29 is 28.7 Å². The molecule has 0 unspecified atom stereocenters. The number of nitrogens with one attached hydrogen (secondary N) is 1. The first-order chi connectivity index (χ1) is 16.7. The van der Waals surface area contributed by atoms with Crippen molar-refractivity contribution in [1.82, 2.24) is 10.2 Å². The van der Waals surface area contributed by atoms with Gasteiger partial charge in [-0.1, -0.05) is 39.5 Å². The topological polar surface area (TPSA) is 232 Å². The second-order valence-electron chi connectivity index (χ2n) is 7.36. The van der Waals surface area contributed by atoms with Crippen molar-refractivity contribution in [2.75, 3.05) is 52.5 Å². The predicted octanol–water partition coefficient (Wildman–Crippen LogP) is 0.131. The fraction of sp³-hybridized carbons (Fsp3) is 0.818. The zero-order valence-corrected chi connectivity index (χ0v) is 21.6. The molecule has 0 radical (unpaired) electrons. The van der Waals surface area contributed by atoms with Gasteiger partial charge in [0.05, 0.1) is 6.54 Å². The van der Waals surface area contributed by atoms with E-state index in [4.69, 9.17) is 27.7 Å². The molecule has 0 aromatic carbocycles. The summed E-state index contributed by atoms with van der Waals surface area (Å²) in [5, 5.41) is 2.54. The minimum Gasteiger partial charge on any atom is -0.448 e. The Bertz CT molecular complexity index is 536. The average molecular weight is 508 g/mol. The number of nitrogens with two attached hydrogens (primary N) is 5. The standard InChI is InChI=1S/C15H31N5O5.C4H11N.C3H7NO/c16-6-4-2-1-3-5-9-20(15(23)25-10-7-17)12-13(21)19-8-11-24-14(18)22;1-2-3-4-5;1-2-3(4)5/h1-12,16-17H2,(H2,18,22)(H,19,21);2-5H2,1H3;2H2,1H3,(H2,4,5). The molecule has 0 spiro atoms. The number of primary amides is 2. The summed E-state index contributed by atoms with van der Waals surface area (Å²) in [5.41, 5.74) is 25.4. The Morgan fingerprint density at radius 2 is 1.34 bits per heavy atom. The smallest absolute Gasteiger partial charge is 0.410 e. The molecule has 0 bridgehead atoms. The van der Waals surface area contributed by atoms with Crippen molar-refractivity contribution in [3.05, 3.63) is 0 Å². The van der Waals surface area contributed by atoms with Crippen LogP contribution in [0.25, 0.3) is 0 Å². The average Bonchev–Trinajstić information content (AvgIpc) is 2.82. The van der Waals surface area contributed by atoms with E-state index < -0.39 is 12.2 Å². The molecule has 208 valence electrons. The van der Waals surface area contributed by atoms with E-state index in [-0.39, 0.29) is 44.7 Å². The zero-order valence-electron chi connectivity index (χ0n) is 21.6. The summed E-state index contributed by atoms with van der Waals surface area (Å²) in [7, 11) is 0. The Morgan fingerprint density at radius 3 is 1.80 bits per heavy atom. The van der Waals surface area contributed by atoms with Crippen LogP contribution in [0.1, 0.15) is 65.2 Å². The molecule has 35 heavy (non-hydrogen) atoms. The number of hydrogen-bond donors (Lipinski definition) is 6. The van der Waals surface area contributed by atoms with E-state index >= 15 is 0 Å². The molecule has 0 aliphatic carbocycles. The van der Waals surface area contributed by atoms with E-state index in [0.717, 1.165) is 38.6 Å². The van der Waals surface area contributed by atoms with Gasteiger partial charge in [0.25, 0.3) is 0 Å². The lowest BCUT2D eigenvalue weighted by Gasteiger charge is -2.21. The zero-order chi connectivity index (χ0) is 27.3. The molecule has 0 heterocycles. The second-order valence-corrected chi connectivity index (χ2v) is 7.36. The van der Waals surface area contributed by atoms with E-state index in [1.807, 2.05) is 0 Å². The highest BCUT2D eigenvalue weighted by molar-refractivity contribution is 5.82. The lowest BCUT2D eigenvalue weighted by atomic mass is 10.1. The van der Waals surface area contributed by atoms with E-state index in [2.05, 4.69) is 22.7 Å². The summed E-state index contributed by atoms with van der Waals surface area (Å²) in [5.74, 6) is -0.620. The van der Waals surface area contributed by atoms with Gasteiger partial charge in [-0.05, 0) is 32.4 Å². The third kappa shape index (κ3) is 33.6. The number of amides is 4. The molecule has 0 aromatic rings. The minimum absolute atomic E-state index is 0.0279. The van der Waals surface area contributed by atoms with Gasteiger partial charge in [0, 0.05) is 19.5 Å². The van der Waals surface area contributed by atoms with Crippen molar-refractivity contribution >= 4 is 24.0 Å². The number of nitrogens with zero attached hydrogens (tertiary/aromatic N) is 1. The fourth-order valence-electron chi connectivity index (χ4n) is 2.23. The number of ether oxygens (including phenoxy) is 2. The SMILES string of the molecule is CCC(N)=O.CCCCN.NCCCCCCCN(CC(=O)NCCOC(N)=O)C(=O)OCCN. The number of hydrogen-bond acceptors (Lipinski definition) is 9. The van der Waals surface area contributed by atoms with Gasteiger partial charge in [-0.2, -0.15) is 0 Å². The summed E-state index contributed by atoms with van der Waals surface area (Å²) in [6, 6.07) is 0. The Morgan fingerprint density at radius 1 is 0.771 bits per heavy atom. The molecule has 0 rings (SSSR count). The Hall–Kier alpha value is -2.64. The monoisotopic (exact) mass is 507 g/mol. The first kappa shape index (κ1) is 36.9. The van der Waals surface area contributed by atoms with Crippen LogP contribution in [-0.2, 0) is 19.1 Å². The number of carbonyl (C=O) groups is 4. The summed E-state index contributed by atoms with van der Waals surface area (Å²) >= 11 is 0. The van der Waals surface area contributed by atoms with Gasteiger partial charge in [0.1, 0.15) is 19.8 Å². The molecular formula is C22H49N7O6. The summed E-state index contributed by atoms with van der Waals surface area (Å²) in [4.78, 5) is 45.2. The number of unbranched alkanes of at least 4 members (excludes halogenated alkanes) is 5. The highest BCUT2D eigenvalue weighted by Gasteiger charge is 2.18. The first-order valence-corrected chi connectivity index (χ1v) is 12.2. The number of rotatable bonds is 17. The number of carbonyl (C=O) groups excluding carboxylic acids is 4. The molecule has 0 atom stereocenters. The molecule has 0 saturated heterocycles. The van der Waals surface area contributed by atoms with Crippen molar-refractivity contribution in [3.63, 3.8) is 0 Å². The maximum atomic E-state index is 12.0. The van der Waals surface area contributed by atoms with Crippen LogP contribution >= 0.6 is 0 Å². The Kier molecular flexibility index (Phi) is 31.0. The summed E-state index contributed by atoms with van der Waals surface area (Å²) in [6.45, 7) is 6.06. The molecule has 0 aromatic heterocycles. The van der Waals surface area contributed by atoms with Crippen LogP contribution in [0.5, 0.6) is 0 Å². The largest absolute Gasteiger partial charge is 0.448 e. The molecule has 4 amide bonds. The van der Waals surface area contributed by atoms with Gasteiger partial charge in [-0.3, -0.25) is 14.5 Å². The third-order valence-electron chi connectivity index (χ3n) is 4.14. The van der Waals surface area contributed by atoms with E-state index in [0.29, 0.717) is 19.5 Å². The van der Waals surface area contributed by atoms with E-state index in [1.165, 1.54) is 17.7 Å². The maximum absolute atomic E-state index is 12.0. The van der Waals surface area contributed by atoms with E-state index in [9.17, 15) is 19.2 Å². The van der Waals surface area contributed by atoms with Crippen LogP contribution in [0.4, 0.5) is 9.59 Å². The van der Waals surface area contributed by atoms with Crippen molar-refractivity contribution in [1.29, 1.82) is 0 Å². The third-order valence-corrected chi connectivity index (χ3v) is 4.14. The van der Waals surface area contributed by atoms with Gasteiger partial charge in [0.15, 0.2) is 0 Å². The molecule has 13 nitrogen and oxygen atoms in total. The molecule has 0 aliphatic heterocycles. The van der Waals surface area contributed by atoms with Crippen LogP contribution in [-0.4, -0.2) is 81.4 Å². The van der Waals surface area contributed by atoms with E-state index in [1.54, 1.807) is 6.92 Å². The van der Waals surface area contributed by atoms with Crippen LogP contribution in [0.2, 0.25) is 0 Å². The van der Waals surface area contributed by atoms with Crippen LogP contribution < -0.4 is 34.0 Å². The first-order valence-electron chi connectivity index (χ1n) is 12.2. The van der Waals surface area contributed by atoms with Gasteiger partial charge in [-0.25, -0.2) is 9.59 Å². The quantitative estimate of drug-likeness (QED) is 0.147. The van der Waals surface area contributed by atoms with Gasteiger partial charge >= 0.3 is 12.2 Å². The van der Waals surface area contributed by atoms with Crippen LogP contribution in [0, 0.1) is 0 Å². The fourth-order valence-corrected chi connectivity index (χ4v) is 2.23. The molecule has 0 saturated carbocycles. The molecule has 0 aliphatic rings. The highest BCUT2D eigenvalue weighted by Crippen LogP contribution is 2.05. The lowest BCUT2D eigenvalue weighted by molar-refractivity contribution is -0.122. The molecular weight excluding hydrogens is 458 g/mol. The molecule has 11 N–H and O–H groups in total. The van der Waals surface area contributed by atoms with Gasteiger partial charge in [-0.15, -0.1) is 0 Å². The normalized spacial score (nSPS) is 9.51. The maximum Gasteiger partial charge on any atom is 0.410 e. The van der Waals surface area contributed by atoms with Gasteiger partial charge in [0.2, 0.25) is 11.8 Å². The van der Waals surface area contributed by atoms with Crippen LogP contribution in [0.3, 0.4) is 0 Å². The lowest BCUT2D eigenvalue weighted by Crippen LogP contribution is -2.42. The summed E-state index contributed by atoms with van der Waals surface area (Å²) in [6.07, 6.45) is 6.12.